The van der Waals surface area contributed by atoms with Crippen LogP contribution in [0, 0.1) is 17.3 Å². The molecule has 11 nitrogen and oxygen atoms in total. The molecule has 11 heteroatoms. The third-order valence-corrected chi connectivity index (χ3v) is 8.32. The number of benzene rings is 2. The molecule has 0 saturated carbocycles. The second-order valence-electron chi connectivity index (χ2n) is 13.3. The lowest BCUT2D eigenvalue weighted by atomic mass is 9.90. The van der Waals surface area contributed by atoms with Crippen LogP contribution in [0.1, 0.15) is 96.7 Å². The fourth-order valence-electron chi connectivity index (χ4n) is 5.88. The van der Waals surface area contributed by atoms with Crippen LogP contribution in [-0.4, -0.2) is 71.0 Å². The highest BCUT2D eigenvalue weighted by molar-refractivity contribution is 6.23. The van der Waals surface area contributed by atoms with Gasteiger partial charge in [0.05, 0.1) is 11.1 Å². The molecule has 2 aromatic rings. The van der Waals surface area contributed by atoms with E-state index in [2.05, 4.69) is 43.2 Å². The van der Waals surface area contributed by atoms with Crippen molar-refractivity contribution in [2.24, 2.45) is 5.41 Å². The molecule has 1 unspecified atom stereocenters. The molecule has 1 atom stereocenters. The highest BCUT2D eigenvalue weighted by Crippen LogP contribution is 2.29. The monoisotopic (exact) mass is 640 g/mol. The summed E-state index contributed by atoms with van der Waals surface area (Å²) in [6.07, 6.45) is 3.50. The minimum Gasteiger partial charge on any atom is -0.484 e. The van der Waals surface area contributed by atoms with Gasteiger partial charge in [0.25, 0.3) is 17.7 Å². The standard InChI is InChI=1S/C36H40N4O7/c1-36(2,3)20-32(43)39-17-15-24-10-11-26(19-25(24)21-39)47-22-31(42)37-16-7-5-4-6-8-23-9-12-27-28(18-23)35(46)40(34(27)45)29-13-14-30(41)38-33(29)44/h9-12,18-19,29H,4-5,7,13-17,20-22H2,1-3H3,(H,37,42)(H,38,41,44). The highest BCUT2D eigenvalue weighted by Gasteiger charge is 2.44. The zero-order valence-electron chi connectivity index (χ0n) is 27.1. The Morgan fingerprint density at radius 2 is 1.77 bits per heavy atom. The number of amides is 6. The Morgan fingerprint density at radius 3 is 2.53 bits per heavy atom. The fourth-order valence-corrected chi connectivity index (χ4v) is 5.88. The zero-order valence-corrected chi connectivity index (χ0v) is 27.1. The Hall–Kier alpha value is -4.98. The van der Waals surface area contributed by atoms with E-state index in [-0.39, 0.29) is 47.8 Å². The number of nitrogens with one attached hydrogen (secondary N) is 2. The van der Waals surface area contributed by atoms with Crippen LogP contribution in [0.2, 0.25) is 0 Å². The topological polar surface area (TPSA) is 142 Å². The van der Waals surface area contributed by atoms with Crippen LogP contribution < -0.4 is 15.4 Å². The van der Waals surface area contributed by atoms with Crippen molar-refractivity contribution in [3.63, 3.8) is 0 Å². The Kier molecular flexibility index (Phi) is 10.1. The molecule has 5 rings (SSSR count). The first-order valence-electron chi connectivity index (χ1n) is 16.0. The van der Waals surface area contributed by atoms with Gasteiger partial charge in [0.2, 0.25) is 17.7 Å². The highest BCUT2D eigenvalue weighted by atomic mass is 16.5. The summed E-state index contributed by atoms with van der Waals surface area (Å²) in [5.41, 5.74) is 3.16. The van der Waals surface area contributed by atoms with Crippen LogP contribution >= 0.6 is 0 Å². The number of imide groups is 2. The maximum Gasteiger partial charge on any atom is 0.262 e. The molecule has 0 bridgehead atoms. The van der Waals surface area contributed by atoms with Crippen molar-refractivity contribution in [2.75, 3.05) is 19.7 Å². The van der Waals surface area contributed by atoms with E-state index in [0.29, 0.717) is 43.8 Å². The van der Waals surface area contributed by atoms with Gasteiger partial charge < -0.3 is 15.0 Å². The Bertz CT molecular complexity index is 1680. The summed E-state index contributed by atoms with van der Waals surface area (Å²) in [5.74, 6) is 4.42. The molecule has 1 saturated heterocycles. The molecule has 47 heavy (non-hydrogen) atoms. The number of carbonyl (C=O) groups is 6. The second kappa shape index (κ2) is 14.2. The molecule has 3 heterocycles. The van der Waals surface area contributed by atoms with Crippen molar-refractivity contribution in [3.05, 3.63) is 64.2 Å². The van der Waals surface area contributed by atoms with E-state index in [9.17, 15) is 28.8 Å². The molecule has 1 fully saturated rings. The second-order valence-corrected chi connectivity index (χ2v) is 13.3. The first kappa shape index (κ1) is 33.4. The molecule has 0 aromatic heterocycles. The SMILES string of the molecule is CC(C)(C)CC(=O)N1CCc2ccc(OCC(=O)NCCCCC#Cc3ccc4c(c3)C(=O)N(C3CCC(=O)NC3=O)C4=O)cc2C1. The average Bonchev–Trinajstić information content (AvgIpc) is 3.26. The van der Waals surface area contributed by atoms with Gasteiger partial charge in [-0.1, -0.05) is 38.7 Å². The van der Waals surface area contributed by atoms with Gasteiger partial charge in [-0.05, 0) is 72.6 Å². The van der Waals surface area contributed by atoms with Crippen molar-refractivity contribution in [2.45, 2.75) is 78.3 Å². The number of ether oxygens (including phenoxy) is 1. The Labute approximate surface area is 274 Å². The molecule has 0 spiro atoms. The van der Waals surface area contributed by atoms with Crippen LogP contribution in [-0.2, 0) is 32.1 Å². The van der Waals surface area contributed by atoms with Crippen LogP contribution in [0.3, 0.4) is 0 Å². The van der Waals surface area contributed by atoms with E-state index in [4.69, 9.17) is 4.74 Å². The molecule has 2 aromatic carbocycles. The quantitative estimate of drug-likeness (QED) is 0.244. The van der Waals surface area contributed by atoms with E-state index in [1.807, 2.05) is 23.1 Å². The molecule has 0 aliphatic carbocycles. The number of carbonyl (C=O) groups excluding carboxylic acids is 6. The lowest BCUT2D eigenvalue weighted by Gasteiger charge is -2.31. The normalized spacial score (nSPS) is 17.4. The van der Waals surface area contributed by atoms with E-state index in [1.165, 1.54) is 11.6 Å². The minimum atomic E-state index is -1.01. The van der Waals surface area contributed by atoms with Crippen LogP contribution in [0.25, 0.3) is 0 Å². The first-order chi connectivity index (χ1) is 22.4. The van der Waals surface area contributed by atoms with Gasteiger partial charge in [0.15, 0.2) is 6.61 Å². The third kappa shape index (κ3) is 8.25. The summed E-state index contributed by atoms with van der Waals surface area (Å²) in [6, 6.07) is 9.54. The summed E-state index contributed by atoms with van der Waals surface area (Å²) < 4.78 is 5.73. The van der Waals surface area contributed by atoms with Gasteiger partial charge in [0, 0.05) is 44.5 Å². The van der Waals surface area contributed by atoms with Crippen molar-refractivity contribution < 1.29 is 33.5 Å². The molecular weight excluding hydrogens is 600 g/mol. The zero-order chi connectivity index (χ0) is 33.7. The van der Waals surface area contributed by atoms with Crippen molar-refractivity contribution in [1.82, 2.24) is 20.4 Å². The molecule has 3 aliphatic heterocycles. The number of nitrogens with zero attached hydrogens (tertiary/aromatic N) is 2. The van der Waals surface area contributed by atoms with E-state index in [1.54, 1.807) is 12.1 Å². The smallest absolute Gasteiger partial charge is 0.262 e. The predicted octanol–water partition coefficient (Wildman–Crippen LogP) is 3.13. The number of piperidine rings is 1. The number of unbranched alkanes of at least 4 members (excludes halogenated alkanes) is 2. The van der Waals surface area contributed by atoms with E-state index < -0.39 is 29.7 Å². The molecular formula is C36H40N4O7. The van der Waals surface area contributed by atoms with Gasteiger partial charge >= 0.3 is 0 Å². The predicted molar refractivity (Wildman–Crippen MR) is 172 cm³/mol. The molecule has 246 valence electrons. The van der Waals surface area contributed by atoms with Gasteiger partial charge in [-0.2, -0.15) is 0 Å². The minimum absolute atomic E-state index is 0.0648. The lowest BCUT2D eigenvalue weighted by Crippen LogP contribution is -2.54. The van der Waals surface area contributed by atoms with Crippen LogP contribution in [0.4, 0.5) is 0 Å². The van der Waals surface area contributed by atoms with E-state index >= 15 is 0 Å². The summed E-state index contributed by atoms with van der Waals surface area (Å²) >= 11 is 0. The van der Waals surface area contributed by atoms with Crippen LogP contribution in [0.5, 0.6) is 5.75 Å². The number of fused-ring (bicyclic) bond motifs is 2. The van der Waals surface area contributed by atoms with Gasteiger partial charge in [0.1, 0.15) is 11.8 Å². The van der Waals surface area contributed by atoms with Crippen molar-refractivity contribution in [3.8, 4) is 17.6 Å². The summed E-state index contributed by atoms with van der Waals surface area (Å²) in [4.78, 5) is 77.4. The Balaban J connectivity index is 1.02. The van der Waals surface area contributed by atoms with Gasteiger partial charge in [-0.3, -0.25) is 39.0 Å². The fraction of sp³-hybridized carbons (Fsp3) is 0.444. The summed E-state index contributed by atoms with van der Waals surface area (Å²) in [7, 11) is 0. The van der Waals surface area contributed by atoms with Crippen LogP contribution in [0.15, 0.2) is 36.4 Å². The maximum atomic E-state index is 13.0. The molecule has 2 N–H and O–H groups in total. The molecule has 0 radical (unpaired) electrons. The van der Waals surface area contributed by atoms with Gasteiger partial charge in [-0.15, -0.1) is 0 Å². The van der Waals surface area contributed by atoms with Crippen molar-refractivity contribution in [1.29, 1.82) is 0 Å². The van der Waals surface area contributed by atoms with E-state index in [0.717, 1.165) is 29.7 Å². The lowest BCUT2D eigenvalue weighted by molar-refractivity contribution is -0.136. The molecule has 6 amide bonds. The maximum absolute atomic E-state index is 13.0. The number of hydrogen-bond donors (Lipinski definition) is 2. The van der Waals surface area contributed by atoms with Crippen molar-refractivity contribution >= 4 is 35.4 Å². The number of hydrogen-bond acceptors (Lipinski definition) is 7. The average molecular weight is 641 g/mol. The Morgan fingerprint density at radius 1 is 0.979 bits per heavy atom. The molecule has 3 aliphatic rings. The summed E-state index contributed by atoms with van der Waals surface area (Å²) in [6.45, 7) is 7.80. The first-order valence-corrected chi connectivity index (χ1v) is 16.0. The largest absolute Gasteiger partial charge is 0.484 e. The number of rotatable bonds is 9. The summed E-state index contributed by atoms with van der Waals surface area (Å²) in [5, 5.41) is 5.04. The third-order valence-electron chi connectivity index (χ3n) is 8.32. The van der Waals surface area contributed by atoms with Gasteiger partial charge in [-0.25, -0.2) is 0 Å².